The summed E-state index contributed by atoms with van der Waals surface area (Å²) in [7, 11) is 0. The van der Waals surface area contributed by atoms with Gasteiger partial charge in [-0.2, -0.15) is 0 Å². The quantitative estimate of drug-likeness (QED) is 0.512. The minimum atomic E-state index is -0.780. The molecule has 138 valence electrons. The van der Waals surface area contributed by atoms with E-state index in [2.05, 4.69) is 29.0 Å². The number of aliphatic imine (C=N–C) groups is 1. The molecule has 2 rings (SSSR count). The SMILES string of the molecule is CCCC(OCC)OC1CN=C(SCC2=C=CC(C)=CC=C2)NC1O. The molecule has 2 aliphatic rings. The molecule has 3 atom stereocenters. The molecule has 25 heavy (non-hydrogen) atoms. The molecular formula is C19H28N2O3S. The van der Waals surface area contributed by atoms with Crippen LogP contribution in [0.5, 0.6) is 0 Å². The van der Waals surface area contributed by atoms with Gasteiger partial charge in [-0.15, -0.1) is 5.73 Å². The molecular weight excluding hydrogens is 336 g/mol. The van der Waals surface area contributed by atoms with Crippen LogP contribution in [0, 0.1) is 0 Å². The van der Waals surface area contributed by atoms with Crippen molar-refractivity contribution in [2.24, 2.45) is 4.99 Å². The average molecular weight is 365 g/mol. The molecule has 2 N–H and O–H groups in total. The van der Waals surface area contributed by atoms with E-state index in [1.54, 1.807) is 11.8 Å². The van der Waals surface area contributed by atoms with Crippen LogP contribution in [-0.2, 0) is 9.47 Å². The monoisotopic (exact) mass is 364 g/mol. The van der Waals surface area contributed by atoms with Crippen molar-refractivity contribution >= 4 is 16.9 Å². The molecule has 0 spiro atoms. The Bertz CT molecular complexity index is 585. The van der Waals surface area contributed by atoms with Gasteiger partial charge in [0.25, 0.3) is 0 Å². The first-order chi connectivity index (χ1) is 12.1. The number of amidine groups is 1. The van der Waals surface area contributed by atoms with Gasteiger partial charge >= 0.3 is 0 Å². The summed E-state index contributed by atoms with van der Waals surface area (Å²) in [4.78, 5) is 4.50. The first kappa shape index (κ1) is 20.0. The number of ether oxygens (including phenoxy) is 2. The predicted octanol–water partition coefficient (Wildman–Crippen LogP) is 3.14. The van der Waals surface area contributed by atoms with Gasteiger partial charge in [0.2, 0.25) is 0 Å². The van der Waals surface area contributed by atoms with Gasteiger partial charge in [-0.25, -0.2) is 0 Å². The number of hydrogen-bond acceptors (Lipinski definition) is 6. The topological polar surface area (TPSA) is 63.1 Å². The summed E-state index contributed by atoms with van der Waals surface area (Å²) in [6, 6.07) is 0. The summed E-state index contributed by atoms with van der Waals surface area (Å²) >= 11 is 1.56. The third-order valence-electron chi connectivity index (χ3n) is 3.75. The van der Waals surface area contributed by atoms with Crippen LogP contribution in [0.25, 0.3) is 0 Å². The zero-order chi connectivity index (χ0) is 18.1. The van der Waals surface area contributed by atoms with Crippen molar-refractivity contribution in [1.29, 1.82) is 0 Å². The van der Waals surface area contributed by atoms with Crippen molar-refractivity contribution in [1.82, 2.24) is 5.32 Å². The second-order valence-corrected chi connectivity index (χ2v) is 6.92. The molecule has 1 aliphatic heterocycles. The lowest BCUT2D eigenvalue weighted by atomic mass is 10.2. The molecule has 0 aromatic carbocycles. The number of thioether (sulfide) groups is 1. The Morgan fingerprint density at radius 2 is 2.32 bits per heavy atom. The van der Waals surface area contributed by atoms with Crippen molar-refractivity contribution in [3.63, 3.8) is 0 Å². The lowest BCUT2D eigenvalue weighted by Gasteiger charge is -2.31. The van der Waals surface area contributed by atoms with Gasteiger partial charge in [0.1, 0.15) is 6.10 Å². The maximum Gasteiger partial charge on any atom is 0.159 e. The highest BCUT2D eigenvalue weighted by Crippen LogP contribution is 2.17. The molecule has 0 fully saturated rings. The Kier molecular flexibility index (Phi) is 8.52. The molecule has 5 nitrogen and oxygen atoms in total. The number of allylic oxidation sites excluding steroid dienone is 4. The van der Waals surface area contributed by atoms with Gasteiger partial charge in [-0.05, 0) is 31.9 Å². The molecule has 6 heteroatoms. The summed E-state index contributed by atoms with van der Waals surface area (Å²) in [5.74, 6) is 0.746. The van der Waals surface area contributed by atoms with Crippen LogP contribution >= 0.6 is 11.8 Å². The Morgan fingerprint density at radius 3 is 3.04 bits per heavy atom. The summed E-state index contributed by atoms with van der Waals surface area (Å²) in [6.07, 6.45) is 8.42. The highest BCUT2D eigenvalue weighted by Gasteiger charge is 2.28. The Hall–Kier alpha value is -1.30. The van der Waals surface area contributed by atoms with Gasteiger partial charge in [-0.1, -0.05) is 43.3 Å². The molecule has 3 unspecified atom stereocenters. The maximum absolute atomic E-state index is 10.3. The molecule has 0 radical (unpaired) electrons. The van der Waals surface area contributed by atoms with E-state index < -0.39 is 12.3 Å². The summed E-state index contributed by atoms with van der Waals surface area (Å²) in [5.41, 5.74) is 5.54. The predicted molar refractivity (Wildman–Crippen MR) is 104 cm³/mol. The van der Waals surface area contributed by atoms with Crippen molar-refractivity contribution in [3.8, 4) is 0 Å². The van der Waals surface area contributed by atoms with Crippen LogP contribution < -0.4 is 5.32 Å². The third-order valence-corrected chi connectivity index (χ3v) is 4.72. The van der Waals surface area contributed by atoms with Crippen LogP contribution in [0.4, 0.5) is 0 Å². The molecule has 1 aliphatic carbocycles. The highest BCUT2D eigenvalue weighted by atomic mass is 32.2. The lowest BCUT2D eigenvalue weighted by molar-refractivity contribution is -0.192. The zero-order valence-electron chi connectivity index (χ0n) is 15.2. The maximum atomic E-state index is 10.3. The first-order valence-electron chi connectivity index (χ1n) is 8.81. The minimum absolute atomic E-state index is 0.289. The molecule has 0 saturated heterocycles. The van der Waals surface area contributed by atoms with E-state index in [1.807, 2.05) is 32.1 Å². The fourth-order valence-corrected chi connectivity index (χ4v) is 3.25. The second kappa shape index (κ2) is 10.6. The number of rotatable bonds is 8. The number of aliphatic hydroxyl groups excluding tert-OH is 1. The van der Waals surface area contributed by atoms with E-state index in [0.717, 1.165) is 29.3 Å². The van der Waals surface area contributed by atoms with Crippen molar-refractivity contribution in [2.45, 2.75) is 52.2 Å². The highest BCUT2D eigenvalue weighted by molar-refractivity contribution is 8.14. The van der Waals surface area contributed by atoms with Crippen LogP contribution in [-0.4, -0.2) is 47.8 Å². The third kappa shape index (κ3) is 6.84. The Morgan fingerprint density at radius 1 is 1.48 bits per heavy atom. The number of hydrogen-bond donors (Lipinski definition) is 2. The van der Waals surface area contributed by atoms with Gasteiger partial charge in [0.05, 0.1) is 6.54 Å². The molecule has 0 aromatic rings. The van der Waals surface area contributed by atoms with E-state index in [9.17, 15) is 5.11 Å². The minimum Gasteiger partial charge on any atom is -0.371 e. The van der Waals surface area contributed by atoms with Crippen LogP contribution in [0.15, 0.2) is 46.2 Å². The Balaban J connectivity index is 1.85. The van der Waals surface area contributed by atoms with Crippen molar-refractivity contribution in [2.75, 3.05) is 18.9 Å². The largest absolute Gasteiger partial charge is 0.371 e. The summed E-state index contributed by atoms with van der Waals surface area (Å²) < 4.78 is 11.4. The normalized spacial score (nSPS) is 24.1. The fraction of sp³-hybridized carbons (Fsp3) is 0.579. The summed E-state index contributed by atoms with van der Waals surface area (Å²) in [5, 5.41) is 14.1. The molecule has 0 saturated carbocycles. The van der Waals surface area contributed by atoms with E-state index in [-0.39, 0.29) is 6.29 Å². The standard InChI is InChI=1S/C19H28N2O3S/c1-4-7-17(23-5-2)24-16-12-20-19(21-18(16)22)25-13-15-9-6-8-14(3)10-11-15/h6,8-10,16-18,22H,4-5,7,12-13H2,1-3H3,(H,20,21). The molecule has 0 aromatic heterocycles. The van der Waals surface area contributed by atoms with E-state index in [1.165, 1.54) is 5.57 Å². The molecule has 1 heterocycles. The van der Waals surface area contributed by atoms with Gasteiger partial charge in [-0.3, -0.25) is 4.99 Å². The second-order valence-electron chi connectivity index (χ2n) is 5.96. The lowest BCUT2D eigenvalue weighted by Crippen LogP contribution is -2.50. The first-order valence-corrected chi connectivity index (χ1v) is 9.80. The molecule has 0 amide bonds. The van der Waals surface area contributed by atoms with E-state index >= 15 is 0 Å². The number of nitrogens with zero attached hydrogens (tertiary/aromatic N) is 1. The van der Waals surface area contributed by atoms with Crippen LogP contribution in [0.2, 0.25) is 0 Å². The summed E-state index contributed by atoms with van der Waals surface area (Å²) in [6.45, 7) is 7.09. The zero-order valence-corrected chi connectivity index (χ0v) is 16.0. The van der Waals surface area contributed by atoms with E-state index in [0.29, 0.717) is 13.2 Å². The molecule has 0 bridgehead atoms. The van der Waals surface area contributed by atoms with Crippen LogP contribution in [0.3, 0.4) is 0 Å². The average Bonchev–Trinajstić information content (AvgIpc) is 2.80. The van der Waals surface area contributed by atoms with Gasteiger partial charge in [0.15, 0.2) is 17.7 Å². The van der Waals surface area contributed by atoms with E-state index in [4.69, 9.17) is 9.47 Å². The van der Waals surface area contributed by atoms with Gasteiger partial charge in [0, 0.05) is 17.9 Å². The van der Waals surface area contributed by atoms with Crippen molar-refractivity contribution in [3.05, 3.63) is 41.2 Å². The smallest absolute Gasteiger partial charge is 0.159 e. The Labute approximate surface area is 154 Å². The van der Waals surface area contributed by atoms with Crippen LogP contribution in [0.1, 0.15) is 33.6 Å². The van der Waals surface area contributed by atoms with Crippen molar-refractivity contribution < 1.29 is 14.6 Å². The number of nitrogens with one attached hydrogen (secondary N) is 1. The fourth-order valence-electron chi connectivity index (χ4n) is 2.40. The number of aliphatic hydroxyl groups is 1. The van der Waals surface area contributed by atoms with Gasteiger partial charge < -0.3 is 19.9 Å².